The normalized spacial score (nSPS) is 11.0. The predicted octanol–water partition coefficient (Wildman–Crippen LogP) is 2.25. The highest BCUT2D eigenvalue weighted by atomic mass is 16.3. The average molecular weight is 274 g/mol. The minimum Gasteiger partial charge on any atom is -0.395 e. The first-order valence-corrected chi connectivity index (χ1v) is 7.14. The summed E-state index contributed by atoms with van der Waals surface area (Å²) in [7, 11) is 0. The van der Waals surface area contributed by atoms with Crippen molar-refractivity contribution < 1.29 is 9.90 Å². The molecule has 0 aliphatic heterocycles. The Morgan fingerprint density at radius 2 is 2.10 bits per heavy atom. The Labute approximate surface area is 119 Å². The lowest BCUT2D eigenvalue weighted by Gasteiger charge is -2.09. The van der Waals surface area contributed by atoms with Crippen LogP contribution in [0.5, 0.6) is 0 Å². The smallest absolute Gasteiger partial charge is 0.268 e. The molecule has 0 saturated carbocycles. The summed E-state index contributed by atoms with van der Waals surface area (Å²) in [5.41, 5.74) is 4.07. The molecular formula is C16H22N2O2. The number of hydrogen-bond donors (Lipinski definition) is 2. The Balaban J connectivity index is 2.58. The second kappa shape index (κ2) is 6.09. The summed E-state index contributed by atoms with van der Waals surface area (Å²) in [4.78, 5) is 12.3. The van der Waals surface area contributed by atoms with Gasteiger partial charge < -0.3 is 15.0 Å². The zero-order valence-corrected chi connectivity index (χ0v) is 12.4. The summed E-state index contributed by atoms with van der Waals surface area (Å²) in [5.74, 6) is -0.118. The van der Waals surface area contributed by atoms with Crippen LogP contribution in [-0.2, 0) is 13.0 Å². The van der Waals surface area contributed by atoms with Gasteiger partial charge in [-0.3, -0.25) is 4.79 Å². The van der Waals surface area contributed by atoms with Gasteiger partial charge in [-0.15, -0.1) is 0 Å². The van der Waals surface area contributed by atoms with E-state index in [0.717, 1.165) is 29.4 Å². The molecule has 1 aromatic heterocycles. The SMILES string of the molecule is CCc1ccc2c(c1)c(C)c(C(=O)NCCO)n2CC. The number of aromatic nitrogens is 1. The van der Waals surface area contributed by atoms with E-state index in [9.17, 15) is 4.79 Å². The molecule has 0 bridgehead atoms. The lowest BCUT2D eigenvalue weighted by Crippen LogP contribution is -2.29. The number of rotatable bonds is 5. The van der Waals surface area contributed by atoms with Gasteiger partial charge in [0, 0.05) is 24.0 Å². The maximum atomic E-state index is 12.3. The molecule has 1 amide bonds. The van der Waals surface area contributed by atoms with Gasteiger partial charge in [0.1, 0.15) is 5.69 Å². The molecule has 2 rings (SSSR count). The molecule has 0 atom stereocenters. The monoisotopic (exact) mass is 274 g/mol. The number of aliphatic hydroxyl groups is 1. The maximum Gasteiger partial charge on any atom is 0.268 e. The number of aliphatic hydroxyl groups excluding tert-OH is 1. The van der Waals surface area contributed by atoms with Gasteiger partial charge in [0.15, 0.2) is 0 Å². The van der Waals surface area contributed by atoms with E-state index in [1.165, 1.54) is 5.56 Å². The first-order chi connectivity index (χ1) is 9.63. The van der Waals surface area contributed by atoms with Crippen LogP contribution < -0.4 is 5.32 Å². The number of aryl methyl sites for hydroxylation is 3. The lowest BCUT2D eigenvalue weighted by atomic mass is 10.1. The zero-order chi connectivity index (χ0) is 14.7. The van der Waals surface area contributed by atoms with Gasteiger partial charge in [-0.25, -0.2) is 0 Å². The molecule has 0 radical (unpaired) electrons. The summed E-state index contributed by atoms with van der Waals surface area (Å²) in [6, 6.07) is 6.37. The van der Waals surface area contributed by atoms with E-state index in [2.05, 4.69) is 30.4 Å². The standard InChI is InChI=1S/C16H22N2O2/c1-4-12-6-7-14-13(10-12)11(3)15(18(14)5-2)16(20)17-8-9-19/h6-7,10,19H,4-5,8-9H2,1-3H3,(H,17,20). The zero-order valence-electron chi connectivity index (χ0n) is 12.4. The van der Waals surface area contributed by atoms with Crippen molar-refractivity contribution in [2.24, 2.45) is 0 Å². The Kier molecular flexibility index (Phi) is 4.45. The lowest BCUT2D eigenvalue weighted by molar-refractivity contribution is 0.0935. The summed E-state index contributed by atoms with van der Waals surface area (Å²) in [6.07, 6.45) is 0.985. The predicted molar refractivity (Wildman–Crippen MR) is 81.1 cm³/mol. The van der Waals surface area contributed by atoms with Crippen LogP contribution in [0.4, 0.5) is 0 Å². The van der Waals surface area contributed by atoms with Crippen LogP contribution in [-0.4, -0.2) is 28.7 Å². The molecule has 0 fully saturated rings. The van der Waals surface area contributed by atoms with Crippen molar-refractivity contribution in [3.63, 3.8) is 0 Å². The fraction of sp³-hybridized carbons (Fsp3) is 0.438. The van der Waals surface area contributed by atoms with Crippen molar-refractivity contribution in [1.82, 2.24) is 9.88 Å². The first kappa shape index (κ1) is 14.6. The van der Waals surface area contributed by atoms with Crippen LogP contribution >= 0.6 is 0 Å². The van der Waals surface area contributed by atoms with Crippen molar-refractivity contribution in [2.75, 3.05) is 13.2 Å². The fourth-order valence-electron chi connectivity index (χ4n) is 2.66. The van der Waals surface area contributed by atoms with Gasteiger partial charge >= 0.3 is 0 Å². The summed E-state index contributed by atoms with van der Waals surface area (Å²) in [6.45, 7) is 7.14. The van der Waals surface area contributed by atoms with Gasteiger partial charge in [0.05, 0.1) is 6.61 Å². The fourth-order valence-corrected chi connectivity index (χ4v) is 2.66. The third kappa shape index (κ3) is 2.43. The van der Waals surface area contributed by atoms with Crippen molar-refractivity contribution >= 4 is 16.8 Å². The largest absolute Gasteiger partial charge is 0.395 e. The maximum absolute atomic E-state index is 12.3. The van der Waals surface area contributed by atoms with Gasteiger partial charge in [-0.05, 0) is 43.5 Å². The second-order valence-corrected chi connectivity index (χ2v) is 4.90. The Bertz CT molecular complexity index is 629. The van der Waals surface area contributed by atoms with E-state index in [0.29, 0.717) is 5.69 Å². The van der Waals surface area contributed by atoms with Gasteiger partial charge in [0.25, 0.3) is 5.91 Å². The van der Waals surface area contributed by atoms with Gasteiger partial charge in [-0.2, -0.15) is 0 Å². The highest BCUT2D eigenvalue weighted by molar-refractivity contribution is 6.01. The molecule has 1 aromatic carbocycles. The molecule has 2 aromatic rings. The van der Waals surface area contributed by atoms with E-state index < -0.39 is 0 Å². The molecule has 0 unspecified atom stereocenters. The first-order valence-electron chi connectivity index (χ1n) is 7.14. The highest BCUT2D eigenvalue weighted by Crippen LogP contribution is 2.27. The number of carbonyl (C=O) groups is 1. The number of amides is 1. The molecule has 20 heavy (non-hydrogen) atoms. The quantitative estimate of drug-likeness (QED) is 0.878. The van der Waals surface area contributed by atoms with Crippen LogP contribution in [0.3, 0.4) is 0 Å². The number of hydrogen-bond acceptors (Lipinski definition) is 2. The minimum absolute atomic E-state index is 0.0445. The van der Waals surface area contributed by atoms with Crippen LogP contribution in [0, 0.1) is 6.92 Å². The molecule has 0 saturated heterocycles. The molecule has 0 aliphatic rings. The van der Waals surface area contributed by atoms with Crippen molar-refractivity contribution in [2.45, 2.75) is 33.7 Å². The van der Waals surface area contributed by atoms with Crippen LogP contribution in [0.2, 0.25) is 0 Å². The number of benzene rings is 1. The molecule has 2 N–H and O–H groups in total. The second-order valence-electron chi connectivity index (χ2n) is 4.90. The van der Waals surface area contributed by atoms with E-state index in [1.807, 2.05) is 18.4 Å². The topological polar surface area (TPSA) is 54.3 Å². The minimum atomic E-state index is -0.118. The summed E-state index contributed by atoms with van der Waals surface area (Å²) in [5, 5.41) is 12.7. The van der Waals surface area contributed by atoms with Crippen molar-refractivity contribution in [1.29, 1.82) is 0 Å². The van der Waals surface area contributed by atoms with E-state index in [-0.39, 0.29) is 19.1 Å². The Morgan fingerprint density at radius 1 is 1.35 bits per heavy atom. The van der Waals surface area contributed by atoms with Crippen molar-refractivity contribution in [3.8, 4) is 0 Å². The summed E-state index contributed by atoms with van der Waals surface area (Å²) < 4.78 is 2.04. The molecule has 1 heterocycles. The molecule has 4 nitrogen and oxygen atoms in total. The molecule has 0 aliphatic carbocycles. The third-order valence-corrected chi connectivity index (χ3v) is 3.72. The van der Waals surface area contributed by atoms with E-state index >= 15 is 0 Å². The van der Waals surface area contributed by atoms with Crippen LogP contribution in [0.25, 0.3) is 10.9 Å². The molecular weight excluding hydrogens is 252 g/mol. The average Bonchev–Trinajstić information content (AvgIpc) is 2.76. The number of fused-ring (bicyclic) bond motifs is 1. The molecule has 0 spiro atoms. The highest BCUT2D eigenvalue weighted by Gasteiger charge is 2.19. The number of nitrogens with one attached hydrogen (secondary N) is 1. The summed E-state index contributed by atoms with van der Waals surface area (Å²) >= 11 is 0. The number of nitrogens with zero attached hydrogens (tertiary/aromatic N) is 1. The van der Waals surface area contributed by atoms with Crippen molar-refractivity contribution in [3.05, 3.63) is 35.0 Å². The Morgan fingerprint density at radius 3 is 2.70 bits per heavy atom. The van der Waals surface area contributed by atoms with E-state index in [1.54, 1.807) is 0 Å². The van der Waals surface area contributed by atoms with Gasteiger partial charge in [0.2, 0.25) is 0 Å². The van der Waals surface area contributed by atoms with Crippen LogP contribution in [0.15, 0.2) is 18.2 Å². The third-order valence-electron chi connectivity index (χ3n) is 3.72. The molecule has 4 heteroatoms. The van der Waals surface area contributed by atoms with Gasteiger partial charge in [-0.1, -0.05) is 13.0 Å². The van der Waals surface area contributed by atoms with Crippen LogP contribution in [0.1, 0.15) is 35.5 Å². The number of carbonyl (C=O) groups excluding carboxylic acids is 1. The molecule has 108 valence electrons. The Hall–Kier alpha value is -1.81. The van der Waals surface area contributed by atoms with E-state index in [4.69, 9.17) is 5.11 Å².